The Morgan fingerprint density at radius 2 is 1.08 bits per heavy atom. The van der Waals surface area contributed by atoms with E-state index in [0.29, 0.717) is 12.8 Å². The van der Waals surface area contributed by atoms with Crippen molar-refractivity contribution < 1.29 is 29.2 Å². The Morgan fingerprint density at radius 3 is 1.36 bits per heavy atom. The van der Waals surface area contributed by atoms with Gasteiger partial charge in [-0.3, -0.25) is 0 Å². The number of hydrogen-bond acceptors (Lipinski definition) is 8. The van der Waals surface area contributed by atoms with Gasteiger partial charge in [-0.15, -0.1) is 0 Å². The van der Waals surface area contributed by atoms with Crippen LogP contribution in [0.1, 0.15) is 19.3 Å². The Kier molecular flexibility index (Phi) is 7.60. The molecule has 8 nitrogen and oxygen atoms in total. The van der Waals surface area contributed by atoms with Gasteiger partial charge in [0, 0.05) is 28.4 Å². The fraction of sp³-hybridized carbons (Fsp3) is 1.00. The number of rotatable bonds is 6. The first kappa shape index (κ1) is 21.0. The van der Waals surface area contributed by atoms with Crippen LogP contribution in [0.25, 0.3) is 0 Å². The molecule has 0 radical (unpaired) electrons. The Bertz CT molecular complexity index is 379. The second-order valence-corrected chi connectivity index (χ2v) is 7.31. The van der Waals surface area contributed by atoms with E-state index in [-0.39, 0.29) is 36.3 Å². The summed E-state index contributed by atoms with van der Waals surface area (Å²) in [6.45, 7) is 0. The van der Waals surface area contributed by atoms with Crippen LogP contribution in [-0.2, 0) is 18.9 Å². The molecule has 2 rings (SSSR count). The van der Waals surface area contributed by atoms with Crippen molar-refractivity contribution in [3.63, 3.8) is 0 Å². The quantitative estimate of drug-likeness (QED) is 0.466. The van der Waals surface area contributed by atoms with Crippen molar-refractivity contribution >= 4 is 0 Å². The van der Waals surface area contributed by atoms with E-state index in [1.165, 1.54) is 0 Å². The van der Waals surface area contributed by atoms with Gasteiger partial charge in [-0.2, -0.15) is 0 Å². The first-order valence-electron chi connectivity index (χ1n) is 8.88. The molecule has 10 unspecified atom stereocenters. The van der Waals surface area contributed by atoms with Gasteiger partial charge < -0.3 is 40.6 Å². The third-order valence-electron chi connectivity index (χ3n) is 6.06. The van der Waals surface area contributed by atoms with Gasteiger partial charge in [0.15, 0.2) is 0 Å². The molecule has 2 aliphatic rings. The lowest BCUT2D eigenvalue weighted by Gasteiger charge is -2.47. The van der Waals surface area contributed by atoms with Crippen LogP contribution in [0, 0.1) is 11.8 Å². The van der Waals surface area contributed by atoms with Crippen molar-refractivity contribution in [3.8, 4) is 0 Å². The molecule has 2 fully saturated rings. The lowest BCUT2D eigenvalue weighted by Crippen LogP contribution is -2.61. The minimum Gasteiger partial charge on any atom is -0.389 e. The molecule has 25 heavy (non-hydrogen) atoms. The summed E-state index contributed by atoms with van der Waals surface area (Å²) >= 11 is 0. The highest BCUT2D eigenvalue weighted by atomic mass is 16.5. The number of methoxy groups -OCH3 is 4. The molecule has 0 bridgehead atoms. The van der Waals surface area contributed by atoms with Gasteiger partial charge in [0.2, 0.25) is 0 Å². The van der Waals surface area contributed by atoms with Gasteiger partial charge in [-0.25, -0.2) is 0 Å². The number of aliphatic hydroxyl groups is 2. The smallest absolute Gasteiger partial charge is 0.0977 e. The predicted molar refractivity (Wildman–Crippen MR) is 92.0 cm³/mol. The summed E-state index contributed by atoms with van der Waals surface area (Å²) in [5, 5.41) is 20.6. The summed E-state index contributed by atoms with van der Waals surface area (Å²) in [4.78, 5) is 0. The van der Waals surface area contributed by atoms with Crippen molar-refractivity contribution in [1.29, 1.82) is 0 Å². The summed E-state index contributed by atoms with van der Waals surface area (Å²) in [7, 11) is 6.38. The summed E-state index contributed by atoms with van der Waals surface area (Å²) in [5.74, 6) is 0.187. The van der Waals surface area contributed by atoms with E-state index in [0.717, 1.165) is 6.42 Å². The van der Waals surface area contributed by atoms with E-state index in [2.05, 4.69) is 0 Å². The highest BCUT2D eigenvalue weighted by molar-refractivity contribution is 5.01. The van der Waals surface area contributed by atoms with E-state index in [4.69, 9.17) is 30.4 Å². The maximum absolute atomic E-state index is 10.3. The van der Waals surface area contributed by atoms with Crippen LogP contribution >= 0.6 is 0 Å². The van der Waals surface area contributed by atoms with Crippen LogP contribution in [0.15, 0.2) is 0 Å². The SMILES string of the molecule is COC1CC(CC2CC(OC)C(O)C(N)C2OC)C(OC)C(N)C1O. The zero-order valence-electron chi connectivity index (χ0n) is 15.6. The van der Waals surface area contributed by atoms with E-state index in [9.17, 15) is 10.2 Å². The summed E-state index contributed by atoms with van der Waals surface area (Å²) in [5.41, 5.74) is 12.4. The molecule has 6 N–H and O–H groups in total. The van der Waals surface area contributed by atoms with Crippen molar-refractivity contribution in [1.82, 2.24) is 0 Å². The second kappa shape index (κ2) is 9.05. The number of aliphatic hydroxyl groups excluding tert-OH is 2. The zero-order chi connectivity index (χ0) is 18.7. The van der Waals surface area contributed by atoms with Gasteiger partial charge in [0.25, 0.3) is 0 Å². The number of ether oxygens (including phenoxy) is 4. The maximum Gasteiger partial charge on any atom is 0.0977 e. The van der Waals surface area contributed by atoms with Gasteiger partial charge in [-0.1, -0.05) is 0 Å². The van der Waals surface area contributed by atoms with E-state index in [1.807, 2.05) is 0 Å². The predicted octanol–water partition coefficient (Wildman–Crippen LogP) is -1.15. The molecule has 148 valence electrons. The molecular formula is C17H34N2O6. The molecule has 10 atom stereocenters. The average Bonchev–Trinajstić information content (AvgIpc) is 2.61. The van der Waals surface area contributed by atoms with Crippen LogP contribution in [0.2, 0.25) is 0 Å². The molecule has 2 aliphatic carbocycles. The zero-order valence-corrected chi connectivity index (χ0v) is 15.6. The lowest BCUT2D eigenvalue weighted by atomic mass is 9.70. The van der Waals surface area contributed by atoms with Gasteiger partial charge in [0.05, 0.1) is 48.7 Å². The van der Waals surface area contributed by atoms with Gasteiger partial charge in [-0.05, 0) is 31.1 Å². The summed E-state index contributed by atoms with van der Waals surface area (Å²) < 4.78 is 22.0. The van der Waals surface area contributed by atoms with E-state index >= 15 is 0 Å². The molecule has 0 amide bonds. The van der Waals surface area contributed by atoms with Crippen molar-refractivity contribution in [3.05, 3.63) is 0 Å². The molecule has 0 saturated heterocycles. The number of nitrogens with two attached hydrogens (primary N) is 2. The monoisotopic (exact) mass is 362 g/mol. The van der Waals surface area contributed by atoms with Crippen LogP contribution in [0.3, 0.4) is 0 Å². The van der Waals surface area contributed by atoms with Crippen molar-refractivity contribution in [2.75, 3.05) is 28.4 Å². The summed E-state index contributed by atoms with van der Waals surface area (Å²) in [6.07, 6.45) is -0.679. The Labute approximate surface area is 149 Å². The van der Waals surface area contributed by atoms with Gasteiger partial charge >= 0.3 is 0 Å². The largest absolute Gasteiger partial charge is 0.389 e. The summed E-state index contributed by atoms with van der Waals surface area (Å²) in [6, 6.07) is -1.04. The molecule has 0 spiro atoms. The van der Waals surface area contributed by atoms with E-state index in [1.54, 1.807) is 28.4 Å². The molecular weight excluding hydrogens is 328 g/mol. The van der Waals surface area contributed by atoms with Crippen LogP contribution in [0.4, 0.5) is 0 Å². The molecule has 0 aromatic heterocycles. The Balaban J connectivity index is 2.16. The molecule has 8 heteroatoms. The van der Waals surface area contributed by atoms with E-state index < -0.39 is 24.3 Å². The molecule has 2 saturated carbocycles. The standard InChI is InChI=1S/C17H34N2O6/c1-22-10-6-8(16(24-3)12(18)14(10)20)5-9-7-11(23-2)15(21)13(19)17(9)25-4/h8-17,20-21H,5-7,18-19H2,1-4H3. The highest BCUT2D eigenvalue weighted by Crippen LogP contribution is 2.38. The minimum atomic E-state index is -0.758. The fourth-order valence-corrected chi connectivity index (χ4v) is 4.68. The number of hydrogen-bond donors (Lipinski definition) is 4. The highest BCUT2D eigenvalue weighted by Gasteiger charge is 2.48. The Hall–Kier alpha value is -0.320. The second-order valence-electron chi connectivity index (χ2n) is 7.31. The molecule has 0 aromatic rings. The van der Waals surface area contributed by atoms with Gasteiger partial charge in [0.1, 0.15) is 0 Å². The lowest BCUT2D eigenvalue weighted by molar-refractivity contribution is -0.142. The molecule has 0 heterocycles. The van der Waals surface area contributed by atoms with Crippen molar-refractivity contribution in [2.45, 2.75) is 68.0 Å². The average molecular weight is 362 g/mol. The topological polar surface area (TPSA) is 129 Å². The van der Waals surface area contributed by atoms with Crippen LogP contribution < -0.4 is 11.5 Å². The van der Waals surface area contributed by atoms with Crippen molar-refractivity contribution in [2.24, 2.45) is 23.3 Å². The van der Waals surface area contributed by atoms with Crippen LogP contribution in [-0.4, -0.2) is 87.4 Å². The minimum absolute atomic E-state index is 0.0935. The fourth-order valence-electron chi connectivity index (χ4n) is 4.68. The first-order valence-corrected chi connectivity index (χ1v) is 8.88. The normalized spacial score (nSPS) is 48.5. The first-order chi connectivity index (χ1) is 11.9. The van der Waals surface area contributed by atoms with Crippen LogP contribution in [0.5, 0.6) is 0 Å². The molecule has 0 aliphatic heterocycles. The maximum atomic E-state index is 10.3. The third-order valence-corrected chi connectivity index (χ3v) is 6.06. The Morgan fingerprint density at radius 1 is 0.720 bits per heavy atom. The molecule has 0 aromatic carbocycles. The third kappa shape index (κ3) is 4.17.